The SMILES string of the molecule is CCCCOC(=O)C1=C(C)Nc2ncnn2C1c1ccc(OCc2ccccc2F)c(OC)c1. The number of halogens is 1. The molecule has 34 heavy (non-hydrogen) atoms. The number of hydrogen-bond acceptors (Lipinski definition) is 7. The van der Waals surface area contributed by atoms with Gasteiger partial charge in [-0.25, -0.2) is 13.9 Å². The molecule has 0 bridgehead atoms. The Morgan fingerprint density at radius 3 is 2.79 bits per heavy atom. The van der Waals surface area contributed by atoms with Crippen molar-refractivity contribution in [3.63, 3.8) is 0 Å². The van der Waals surface area contributed by atoms with Gasteiger partial charge in [0.25, 0.3) is 0 Å². The summed E-state index contributed by atoms with van der Waals surface area (Å²) in [5.74, 6) is 0.675. The van der Waals surface area contributed by atoms with Gasteiger partial charge >= 0.3 is 5.97 Å². The molecule has 0 saturated heterocycles. The number of rotatable bonds is 9. The van der Waals surface area contributed by atoms with Gasteiger partial charge in [-0.15, -0.1) is 0 Å². The molecule has 0 aliphatic carbocycles. The van der Waals surface area contributed by atoms with Crippen molar-refractivity contribution in [1.29, 1.82) is 0 Å². The average Bonchev–Trinajstić information content (AvgIpc) is 3.30. The zero-order valence-electron chi connectivity index (χ0n) is 19.4. The van der Waals surface area contributed by atoms with Crippen molar-refractivity contribution in [1.82, 2.24) is 14.8 Å². The molecule has 1 N–H and O–H groups in total. The topological polar surface area (TPSA) is 87.5 Å². The van der Waals surface area contributed by atoms with E-state index >= 15 is 0 Å². The molecule has 178 valence electrons. The van der Waals surface area contributed by atoms with Crippen LogP contribution < -0.4 is 14.8 Å². The molecule has 1 atom stereocenters. The van der Waals surface area contributed by atoms with Gasteiger partial charge in [-0.3, -0.25) is 0 Å². The van der Waals surface area contributed by atoms with E-state index in [0.29, 0.717) is 40.9 Å². The number of nitrogens with one attached hydrogen (secondary N) is 1. The Hall–Kier alpha value is -3.88. The zero-order valence-corrected chi connectivity index (χ0v) is 19.4. The molecule has 1 aromatic heterocycles. The number of fused-ring (bicyclic) bond motifs is 1. The number of aromatic nitrogens is 3. The maximum absolute atomic E-state index is 14.0. The van der Waals surface area contributed by atoms with Gasteiger partial charge in [-0.05, 0) is 37.1 Å². The van der Waals surface area contributed by atoms with Crippen molar-refractivity contribution in [2.24, 2.45) is 0 Å². The summed E-state index contributed by atoms with van der Waals surface area (Å²) >= 11 is 0. The van der Waals surface area contributed by atoms with Gasteiger partial charge in [-0.1, -0.05) is 37.6 Å². The van der Waals surface area contributed by atoms with E-state index in [9.17, 15) is 9.18 Å². The normalized spacial score (nSPS) is 14.9. The van der Waals surface area contributed by atoms with Crippen LogP contribution in [-0.2, 0) is 16.1 Å². The third-order valence-electron chi connectivity index (χ3n) is 5.59. The molecule has 3 aromatic rings. The molecule has 8 nitrogen and oxygen atoms in total. The summed E-state index contributed by atoms with van der Waals surface area (Å²) in [7, 11) is 1.53. The number of allylic oxidation sites excluding steroid dienone is 1. The number of hydrogen-bond donors (Lipinski definition) is 1. The van der Waals surface area contributed by atoms with E-state index in [1.165, 1.54) is 19.5 Å². The molecular weight excluding hydrogens is 439 g/mol. The molecule has 0 spiro atoms. The van der Waals surface area contributed by atoms with E-state index in [4.69, 9.17) is 14.2 Å². The molecule has 0 saturated carbocycles. The molecule has 0 amide bonds. The summed E-state index contributed by atoms with van der Waals surface area (Å²) in [5, 5.41) is 7.45. The van der Waals surface area contributed by atoms with Crippen LogP contribution in [0.2, 0.25) is 0 Å². The van der Waals surface area contributed by atoms with Crippen LogP contribution in [-0.4, -0.2) is 34.5 Å². The lowest BCUT2D eigenvalue weighted by Crippen LogP contribution is -2.29. The Kier molecular flexibility index (Phi) is 7.10. The highest BCUT2D eigenvalue weighted by atomic mass is 19.1. The highest BCUT2D eigenvalue weighted by molar-refractivity contribution is 5.92. The summed E-state index contributed by atoms with van der Waals surface area (Å²) in [6.07, 6.45) is 3.13. The number of methoxy groups -OCH3 is 1. The molecule has 9 heteroatoms. The predicted octanol–water partition coefficient (Wildman–Crippen LogP) is 4.64. The molecule has 0 fully saturated rings. The summed E-state index contributed by atoms with van der Waals surface area (Å²) in [5.41, 5.74) is 2.27. The number of benzene rings is 2. The van der Waals surface area contributed by atoms with E-state index in [-0.39, 0.29) is 12.4 Å². The second-order valence-electron chi connectivity index (χ2n) is 7.87. The second-order valence-corrected chi connectivity index (χ2v) is 7.87. The summed E-state index contributed by atoms with van der Waals surface area (Å²) < 4.78 is 32.5. The second kappa shape index (κ2) is 10.4. The van der Waals surface area contributed by atoms with Crippen molar-refractivity contribution in [2.75, 3.05) is 19.0 Å². The van der Waals surface area contributed by atoms with Crippen LogP contribution in [0, 0.1) is 5.82 Å². The van der Waals surface area contributed by atoms with Crippen LogP contribution >= 0.6 is 0 Å². The highest BCUT2D eigenvalue weighted by Crippen LogP contribution is 2.39. The summed E-state index contributed by atoms with van der Waals surface area (Å²) in [6.45, 7) is 4.24. The Morgan fingerprint density at radius 1 is 1.21 bits per heavy atom. The summed E-state index contributed by atoms with van der Waals surface area (Å²) in [6, 6.07) is 11.2. The largest absolute Gasteiger partial charge is 0.493 e. The molecule has 1 aliphatic heterocycles. The van der Waals surface area contributed by atoms with Gasteiger partial charge in [0.2, 0.25) is 5.95 Å². The number of unbranched alkanes of at least 4 members (excludes halogenated alkanes) is 1. The van der Waals surface area contributed by atoms with Gasteiger partial charge in [0.15, 0.2) is 11.5 Å². The number of ether oxygens (including phenoxy) is 3. The monoisotopic (exact) mass is 466 g/mol. The first-order valence-corrected chi connectivity index (χ1v) is 11.1. The maximum Gasteiger partial charge on any atom is 0.338 e. The minimum atomic E-state index is -0.567. The van der Waals surface area contributed by atoms with Gasteiger partial charge in [0, 0.05) is 11.3 Å². The Balaban J connectivity index is 1.65. The number of nitrogens with zero attached hydrogens (tertiary/aromatic N) is 3. The number of anilines is 1. The molecule has 0 radical (unpaired) electrons. The van der Waals surface area contributed by atoms with Crippen LogP contribution in [0.1, 0.15) is 43.9 Å². The smallest absolute Gasteiger partial charge is 0.338 e. The van der Waals surface area contributed by atoms with Crippen LogP contribution in [0.15, 0.2) is 60.1 Å². The van der Waals surface area contributed by atoms with E-state index in [1.807, 2.05) is 19.9 Å². The fraction of sp³-hybridized carbons (Fsp3) is 0.320. The van der Waals surface area contributed by atoms with Gasteiger partial charge in [0.1, 0.15) is 24.8 Å². The highest BCUT2D eigenvalue weighted by Gasteiger charge is 2.34. The maximum atomic E-state index is 14.0. The first-order valence-electron chi connectivity index (χ1n) is 11.1. The molecule has 1 aliphatic rings. The minimum absolute atomic E-state index is 0.0525. The van der Waals surface area contributed by atoms with Gasteiger partial charge in [-0.2, -0.15) is 10.1 Å². The molecule has 1 unspecified atom stereocenters. The first-order chi connectivity index (χ1) is 16.5. The molecule has 4 rings (SSSR count). The van der Waals surface area contributed by atoms with E-state index in [1.54, 1.807) is 35.0 Å². The number of carbonyl (C=O) groups excluding carboxylic acids is 1. The van der Waals surface area contributed by atoms with Crippen molar-refractivity contribution < 1.29 is 23.4 Å². The number of esters is 1. The third kappa shape index (κ3) is 4.73. The molecular formula is C25H27FN4O4. The third-order valence-corrected chi connectivity index (χ3v) is 5.59. The van der Waals surface area contributed by atoms with Crippen molar-refractivity contribution in [3.05, 3.63) is 77.0 Å². The fourth-order valence-corrected chi connectivity index (χ4v) is 3.79. The quantitative estimate of drug-likeness (QED) is 0.363. The lowest BCUT2D eigenvalue weighted by Gasteiger charge is -2.28. The zero-order chi connectivity index (χ0) is 24.1. The van der Waals surface area contributed by atoms with Crippen molar-refractivity contribution in [3.8, 4) is 11.5 Å². The van der Waals surface area contributed by atoms with E-state index < -0.39 is 12.0 Å². The number of carbonyl (C=O) groups is 1. The summed E-state index contributed by atoms with van der Waals surface area (Å²) in [4.78, 5) is 17.3. The van der Waals surface area contributed by atoms with Crippen LogP contribution in [0.3, 0.4) is 0 Å². The lowest BCUT2D eigenvalue weighted by molar-refractivity contribution is -0.139. The van der Waals surface area contributed by atoms with Crippen molar-refractivity contribution in [2.45, 2.75) is 39.3 Å². The average molecular weight is 467 g/mol. The van der Waals surface area contributed by atoms with Crippen LogP contribution in [0.5, 0.6) is 11.5 Å². The Bertz CT molecular complexity index is 1210. The van der Waals surface area contributed by atoms with Gasteiger partial charge in [0.05, 0.1) is 19.3 Å². The molecule has 2 heterocycles. The van der Waals surface area contributed by atoms with E-state index in [0.717, 1.165) is 18.4 Å². The Labute approximate surface area is 197 Å². The first kappa shape index (κ1) is 23.3. The van der Waals surface area contributed by atoms with Gasteiger partial charge < -0.3 is 19.5 Å². The standard InChI is InChI=1S/C25H27FN4O4/c1-4-5-12-33-24(31)22-16(2)29-25-27-15-28-30(25)23(22)17-10-11-20(21(13-17)32-3)34-14-18-8-6-7-9-19(18)26/h6-11,13,15,23H,4-5,12,14H2,1-3H3,(H,27,28,29). The lowest BCUT2D eigenvalue weighted by atomic mass is 9.95. The Morgan fingerprint density at radius 2 is 2.03 bits per heavy atom. The van der Waals surface area contributed by atoms with Crippen molar-refractivity contribution >= 4 is 11.9 Å². The van der Waals surface area contributed by atoms with Crippen LogP contribution in [0.25, 0.3) is 0 Å². The van der Waals surface area contributed by atoms with Crippen LogP contribution in [0.4, 0.5) is 10.3 Å². The van der Waals surface area contributed by atoms with E-state index in [2.05, 4.69) is 15.4 Å². The predicted molar refractivity (Wildman–Crippen MR) is 124 cm³/mol. The minimum Gasteiger partial charge on any atom is -0.493 e. The fourth-order valence-electron chi connectivity index (χ4n) is 3.79. The molecule has 2 aromatic carbocycles.